The molecule has 0 spiro atoms. The molecule has 2 saturated heterocycles. The number of nitrogens with zero attached hydrogens (tertiary/aromatic N) is 2. The second-order valence-corrected chi connectivity index (χ2v) is 7.88. The van der Waals surface area contributed by atoms with Gasteiger partial charge in [0.05, 0.1) is 6.04 Å². The van der Waals surface area contributed by atoms with Gasteiger partial charge in [0.2, 0.25) is 5.91 Å². The van der Waals surface area contributed by atoms with Gasteiger partial charge in [0.25, 0.3) is 0 Å². The molecule has 5 nitrogen and oxygen atoms in total. The van der Waals surface area contributed by atoms with Crippen molar-refractivity contribution < 1.29 is 18.7 Å². The molecule has 1 aromatic carbocycles. The van der Waals surface area contributed by atoms with E-state index < -0.39 is 5.60 Å². The van der Waals surface area contributed by atoms with Crippen LogP contribution in [-0.4, -0.2) is 53.1 Å². The Morgan fingerprint density at radius 2 is 2.08 bits per heavy atom. The monoisotopic (exact) mass is 348 g/mol. The first-order valence-electron chi connectivity index (χ1n) is 8.76. The van der Waals surface area contributed by atoms with Gasteiger partial charge in [-0.05, 0) is 51.3 Å². The van der Waals surface area contributed by atoms with Gasteiger partial charge in [-0.25, -0.2) is 9.18 Å². The minimum absolute atomic E-state index is 0.0207. The fourth-order valence-electron chi connectivity index (χ4n) is 3.62. The third-order valence-corrected chi connectivity index (χ3v) is 4.69. The highest BCUT2D eigenvalue weighted by Gasteiger charge is 2.43. The first-order valence-corrected chi connectivity index (χ1v) is 8.76. The summed E-state index contributed by atoms with van der Waals surface area (Å²) in [5.41, 5.74) is 0.307. The van der Waals surface area contributed by atoms with Crippen LogP contribution in [0.3, 0.4) is 0 Å². The fourth-order valence-corrected chi connectivity index (χ4v) is 3.62. The Balaban J connectivity index is 1.63. The first kappa shape index (κ1) is 17.7. The molecule has 0 saturated carbocycles. The van der Waals surface area contributed by atoms with Gasteiger partial charge >= 0.3 is 6.09 Å². The zero-order chi connectivity index (χ0) is 18.2. The lowest BCUT2D eigenvalue weighted by Gasteiger charge is -2.38. The topological polar surface area (TPSA) is 49.9 Å². The quantitative estimate of drug-likeness (QED) is 0.826. The van der Waals surface area contributed by atoms with E-state index in [9.17, 15) is 14.0 Å². The largest absolute Gasteiger partial charge is 0.444 e. The fraction of sp³-hybridized carbons (Fsp3) is 0.579. The van der Waals surface area contributed by atoms with Crippen LogP contribution in [0.2, 0.25) is 0 Å². The van der Waals surface area contributed by atoms with E-state index in [1.807, 2.05) is 31.7 Å². The molecular weight excluding hydrogens is 323 g/mol. The second-order valence-electron chi connectivity index (χ2n) is 7.88. The minimum atomic E-state index is -0.528. The maximum atomic E-state index is 13.4. The number of rotatable bonds is 2. The summed E-state index contributed by atoms with van der Waals surface area (Å²) < 4.78 is 18.8. The highest BCUT2D eigenvalue weighted by Crippen LogP contribution is 2.31. The maximum Gasteiger partial charge on any atom is 0.410 e. The molecule has 2 aliphatic rings. The van der Waals surface area contributed by atoms with E-state index in [2.05, 4.69) is 0 Å². The van der Waals surface area contributed by atoms with E-state index in [4.69, 9.17) is 4.74 Å². The Hall–Kier alpha value is -2.11. The Kier molecular flexibility index (Phi) is 4.71. The summed E-state index contributed by atoms with van der Waals surface area (Å²) in [5, 5.41) is 0. The Bertz CT molecular complexity index is 671. The molecule has 0 radical (unpaired) electrons. The standard InChI is InChI=1S/C19H25FN2O3/c1-19(2,3)25-18(24)21-7-8-22-16(12-21)11-14(17(22)23)9-13-5-4-6-15(20)10-13/h4-6,10,14,16H,7-9,11-12H2,1-3H3/t14?,16-/m0/s1. The lowest BCUT2D eigenvalue weighted by atomic mass is 9.96. The van der Waals surface area contributed by atoms with Gasteiger partial charge in [0.1, 0.15) is 11.4 Å². The molecule has 136 valence electrons. The van der Waals surface area contributed by atoms with Crippen LogP contribution in [-0.2, 0) is 16.0 Å². The number of hydrogen-bond donors (Lipinski definition) is 0. The Morgan fingerprint density at radius 3 is 2.76 bits per heavy atom. The number of carbonyl (C=O) groups excluding carboxylic acids is 2. The normalized spacial score (nSPS) is 23.6. The summed E-state index contributed by atoms with van der Waals surface area (Å²) in [7, 11) is 0. The molecule has 25 heavy (non-hydrogen) atoms. The van der Waals surface area contributed by atoms with E-state index >= 15 is 0 Å². The molecule has 2 aliphatic heterocycles. The molecule has 0 aromatic heterocycles. The number of hydrogen-bond acceptors (Lipinski definition) is 3. The van der Waals surface area contributed by atoms with E-state index in [1.165, 1.54) is 12.1 Å². The van der Waals surface area contributed by atoms with Crippen molar-refractivity contribution in [2.45, 2.75) is 45.3 Å². The van der Waals surface area contributed by atoms with Crippen LogP contribution in [0.15, 0.2) is 24.3 Å². The first-order chi connectivity index (χ1) is 11.7. The third-order valence-electron chi connectivity index (χ3n) is 4.69. The number of amides is 2. The molecular formula is C19H25FN2O3. The van der Waals surface area contributed by atoms with Crippen molar-refractivity contribution in [2.24, 2.45) is 5.92 Å². The van der Waals surface area contributed by atoms with E-state index in [0.717, 1.165) is 5.56 Å². The molecule has 2 amide bonds. The number of ether oxygens (including phenoxy) is 1. The summed E-state index contributed by atoms with van der Waals surface area (Å²) in [4.78, 5) is 28.4. The smallest absolute Gasteiger partial charge is 0.410 e. The van der Waals surface area contributed by atoms with Gasteiger partial charge in [0, 0.05) is 25.6 Å². The van der Waals surface area contributed by atoms with Crippen LogP contribution in [0.4, 0.5) is 9.18 Å². The number of benzene rings is 1. The number of carbonyl (C=O) groups is 2. The summed E-state index contributed by atoms with van der Waals surface area (Å²) in [6.07, 6.45) is 0.901. The van der Waals surface area contributed by atoms with Crippen molar-refractivity contribution in [1.82, 2.24) is 9.80 Å². The van der Waals surface area contributed by atoms with Gasteiger partial charge in [-0.2, -0.15) is 0 Å². The van der Waals surface area contributed by atoms with Crippen LogP contribution < -0.4 is 0 Å². The van der Waals surface area contributed by atoms with E-state index in [0.29, 0.717) is 32.5 Å². The van der Waals surface area contributed by atoms with Crippen molar-refractivity contribution in [2.75, 3.05) is 19.6 Å². The molecule has 2 atom stereocenters. The average molecular weight is 348 g/mol. The van der Waals surface area contributed by atoms with Crippen molar-refractivity contribution in [3.63, 3.8) is 0 Å². The second kappa shape index (κ2) is 6.65. The molecule has 3 rings (SSSR count). The van der Waals surface area contributed by atoms with Gasteiger partial charge < -0.3 is 14.5 Å². The van der Waals surface area contributed by atoms with Crippen LogP contribution in [0, 0.1) is 11.7 Å². The predicted molar refractivity (Wildman–Crippen MR) is 91.5 cm³/mol. The molecule has 6 heteroatoms. The zero-order valence-electron chi connectivity index (χ0n) is 15.0. The number of piperazine rings is 1. The van der Waals surface area contributed by atoms with Gasteiger partial charge in [0.15, 0.2) is 0 Å². The molecule has 2 heterocycles. The summed E-state index contributed by atoms with van der Waals surface area (Å²) in [5.74, 6) is -0.319. The number of fused-ring (bicyclic) bond motifs is 1. The van der Waals surface area contributed by atoms with Crippen molar-refractivity contribution >= 4 is 12.0 Å². The van der Waals surface area contributed by atoms with Crippen LogP contribution >= 0.6 is 0 Å². The van der Waals surface area contributed by atoms with Crippen LogP contribution in [0.25, 0.3) is 0 Å². The lowest BCUT2D eigenvalue weighted by molar-refractivity contribution is -0.133. The van der Waals surface area contributed by atoms with Crippen molar-refractivity contribution in [1.29, 1.82) is 0 Å². The van der Waals surface area contributed by atoms with Crippen molar-refractivity contribution in [3.05, 3.63) is 35.6 Å². The predicted octanol–water partition coefficient (Wildman–Crippen LogP) is 2.84. The highest BCUT2D eigenvalue weighted by molar-refractivity contribution is 5.82. The lowest BCUT2D eigenvalue weighted by Crippen LogP contribution is -2.54. The minimum Gasteiger partial charge on any atom is -0.444 e. The molecule has 1 aromatic rings. The third kappa shape index (κ3) is 4.11. The molecule has 0 bridgehead atoms. The SMILES string of the molecule is CC(C)(C)OC(=O)N1CCN2C(=O)C(Cc3cccc(F)c3)C[C@H]2C1. The zero-order valence-corrected chi connectivity index (χ0v) is 15.0. The van der Waals surface area contributed by atoms with Crippen LogP contribution in [0.5, 0.6) is 0 Å². The molecule has 0 aliphatic carbocycles. The average Bonchev–Trinajstić information content (AvgIpc) is 2.81. The molecule has 2 fully saturated rings. The molecule has 0 N–H and O–H groups in total. The van der Waals surface area contributed by atoms with Crippen molar-refractivity contribution in [3.8, 4) is 0 Å². The van der Waals surface area contributed by atoms with Gasteiger partial charge in [-0.15, -0.1) is 0 Å². The summed E-state index contributed by atoms with van der Waals surface area (Å²) >= 11 is 0. The summed E-state index contributed by atoms with van der Waals surface area (Å²) in [6.45, 7) is 7.05. The van der Waals surface area contributed by atoms with Gasteiger partial charge in [-0.3, -0.25) is 4.79 Å². The van der Waals surface area contributed by atoms with Gasteiger partial charge in [-0.1, -0.05) is 12.1 Å². The molecule has 1 unspecified atom stereocenters. The van der Waals surface area contributed by atoms with E-state index in [1.54, 1.807) is 11.0 Å². The highest BCUT2D eigenvalue weighted by atomic mass is 19.1. The summed E-state index contributed by atoms with van der Waals surface area (Å²) in [6, 6.07) is 6.43. The Morgan fingerprint density at radius 1 is 1.32 bits per heavy atom. The van der Waals surface area contributed by atoms with E-state index in [-0.39, 0.29) is 29.8 Å². The number of halogens is 1. The Labute approximate surface area is 147 Å². The maximum absolute atomic E-state index is 13.4. The van der Waals surface area contributed by atoms with Crippen LogP contribution in [0.1, 0.15) is 32.8 Å².